The molecule has 0 saturated carbocycles. The molecule has 78 valence electrons. The topological polar surface area (TPSA) is 54.4 Å². The Morgan fingerprint density at radius 2 is 2.13 bits per heavy atom. The molecule has 0 aliphatic heterocycles. The number of benzene rings is 1. The number of carboxylic acids is 1. The van der Waals surface area contributed by atoms with Crippen molar-refractivity contribution in [2.24, 2.45) is 0 Å². The van der Waals surface area contributed by atoms with E-state index < -0.39 is 11.9 Å². The van der Waals surface area contributed by atoms with Gasteiger partial charge < -0.3 is 5.11 Å². The molecule has 2 rings (SSSR count). The van der Waals surface area contributed by atoms with Crippen LogP contribution in [0.25, 0.3) is 0 Å². The average molecular weight is 204 g/mol. The van der Waals surface area contributed by atoms with Crippen LogP contribution < -0.4 is 0 Å². The summed E-state index contributed by atoms with van der Waals surface area (Å²) in [7, 11) is 0. The molecule has 15 heavy (non-hydrogen) atoms. The molecule has 3 nitrogen and oxygen atoms in total. The number of carbonyl (C=O) groups excluding carboxylic acids is 1. The molecule has 1 aliphatic rings. The predicted octanol–water partition coefficient (Wildman–Crippen LogP) is 2.00. The minimum atomic E-state index is -0.845. The summed E-state index contributed by atoms with van der Waals surface area (Å²) in [4.78, 5) is 22.4. The van der Waals surface area contributed by atoms with E-state index in [0.29, 0.717) is 18.4 Å². The molecule has 1 aliphatic carbocycles. The van der Waals surface area contributed by atoms with Crippen molar-refractivity contribution in [3.05, 3.63) is 34.9 Å². The van der Waals surface area contributed by atoms with Gasteiger partial charge in [0.1, 0.15) is 0 Å². The normalized spacial score (nSPS) is 16.2. The smallest absolute Gasteiger partial charge is 0.310 e. The molecule has 1 atom stereocenters. The maximum Gasteiger partial charge on any atom is 0.310 e. The number of fused-ring (bicyclic) bond motifs is 1. The van der Waals surface area contributed by atoms with E-state index in [1.165, 1.54) is 0 Å². The molecule has 0 amide bonds. The highest BCUT2D eigenvalue weighted by atomic mass is 16.4. The lowest BCUT2D eigenvalue weighted by Gasteiger charge is -2.11. The maximum absolute atomic E-state index is 11.5. The number of hydrogen-bond acceptors (Lipinski definition) is 2. The molecule has 3 heteroatoms. The van der Waals surface area contributed by atoms with Crippen molar-refractivity contribution >= 4 is 11.8 Å². The molecule has 1 aromatic carbocycles. The van der Waals surface area contributed by atoms with E-state index in [4.69, 9.17) is 5.11 Å². The van der Waals surface area contributed by atoms with Gasteiger partial charge in [-0.2, -0.15) is 0 Å². The molecule has 0 saturated heterocycles. The summed E-state index contributed by atoms with van der Waals surface area (Å²) in [5.74, 6) is -1.25. The molecule has 0 aromatic heterocycles. The Labute approximate surface area is 87.7 Å². The standard InChI is InChI=1S/C12H12O3/c1-7(12(14)15)8-3-2-4-10-9(8)5-6-11(10)13/h2-4,7H,5-6H2,1H3,(H,14,15). The number of rotatable bonds is 2. The quantitative estimate of drug-likeness (QED) is 0.801. The van der Waals surface area contributed by atoms with Crippen LogP contribution in [0.15, 0.2) is 18.2 Å². The van der Waals surface area contributed by atoms with E-state index in [9.17, 15) is 9.59 Å². The molecule has 1 N–H and O–H groups in total. The minimum absolute atomic E-state index is 0.129. The van der Waals surface area contributed by atoms with E-state index >= 15 is 0 Å². The van der Waals surface area contributed by atoms with E-state index in [1.807, 2.05) is 0 Å². The van der Waals surface area contributed by atoms with Crippen LogP contribution in [-0.4, -0.2) is 16.9 Å². The van der Waals surface area contributed by atoms with Gasteiger partial charge in [-0.05, 0) is 24.5 Å². The van der Waals surface area contributed by atoms with Crippen LogP contribution in [0.4, 0.5) is 0 Å². The fourth-order valence-corrected chi connectivity index (χ4v) is 2.06. The molecular weight excluding hydrogens is 192 g/mol. The largest absolute Gasteiger partial charge is 0.481 e. The molecule has 0 spiro atoms. The second-order valence-electron chi connectivity index (χ2n) is 3.86. The first-order valence-corrected chi connectivity index (χ1v) is 4.99. The van der Waals surface area contributed by atoms with Gasteiger partial charge >= 0.3 is 5.97 Å². The minimum Gasteiger partial charge on any atom is -0.481 e. The molecule has 0 fully saturated rings. The van der Waals surface area contributed by atoms with Crippen molar-refractivity contribution in [2.75, 3.05) is 0 Å². The number of aliphatic carboxylic acids is 1. The summed E-state index contributed by atoms with van der Waals surface area (Å²) in [6.07, 6.45) is 1.20. The number of ketones is 1. The van der Waals surface area contributed by atoms with Gasteiger partial charge in [0, 0.05) is 12.0 Å². The van der Waals surface area contributed by atoms with E-state index in [-0.39, 0.29) is 5.78 Å². The zero-order valence-corrected chi connectivity index (χ0v) is 8.49. The molecule has 0 radical (unpaired) electrons. The van der Waals surface area contributed by atoms with Gasteiger partial charge in [-0.3, -0.25) is 9.59 Å². The second kappa shape index (κ2) is 3.50. The van der Waals surface area contributed by atoms with Crippen LogP contribution >= 0.6 is 0 Å². The van der Waals surface area contributed by atoms with E-state index in [2.05, 4.69) is 0 Å². The van der Waals surface area contributed by atoms with Crippen LogP contribution in [-0.2, 0) is 11.2 Å². The third-order valence-electron chi connectivity index (χ3n) is 2.95. The molecule has 0 bridgehead atoms. The molecular formula is C12H12O3. The lowest BCUT2D eigenvalue weighted by atomic mass is 9.93. The zero-order chi connectivity index (χ0) is 11.0. The van der Waals surface area contributed by atoms with Gasteiger partial charge in [-0.15, -0.1) is 0 Å². The third kappa shape index (κ3) is 1.54. The SMILES string of the molecule is CC(C(=O)O)c1cccc2c1CCC2=O. The molecule has 1 aromatic rings. The summed E-state index contributed by atoms with van der Waals surface area (Å²) in [6.45, 7) is 1.65. The first-order chi connectivity index (χ1) is 7.11. The highest BCUT2D eigenvalue weighted by Gasteiger charge is 2.25. The van der Waals surface area contributed by atoms with Gasteiger partial charge in [0.05, 0.1) is 5.92 Å². The maximum atomic E-state index is 11.5. The van der Waals surface area contributed by atoms with Crippen LogP contribution in [0.3, 0.4) is 0 Å². The Bertz CT molecular complexity index is 434. The van der Waals surface area contributed by atoms with Gasteiger partial charge in [-0.25, -0.2) is 0 Å². The summed E-state index contributed by atoms with van der Waals surface area (Å²) < 4.78 is 0. The first kappa shape index (κ1) is 9.90. The Hall–Kier alpha value is -1.64. The van der Waals surface area contributed by atoms with Gasteiger partial charge in [0.15, 0.2) is 5.78 Å². The van der Waals surface area contributed by atoms with Crippen molar-refractivity contribution in [1.29, 1.82) is 0 Å². The van der Waals surface area contributed by atoms with Crippen LogP contribution in [0.2, 0.25) is 0 Å². The number of carbonyl (C=O) groups is 2. The van der Waals surface area contributed by atoms with Crippen LogP contribution in [0.5, 0.6) is 0 Å². The molecule has 1 unspecified atom stereocenters. The van der Waals surface area contributed by atoms with Crippen LogP contribution in [0.1, 0.15) is 40.7 Å². The van der Waals surface area contributed by atoms with Crippen molar-refractivity contribution < 1.29 is 14.7 Å². The number of hydrogen-bond donors (Lipinski definition) is 1. The van der Waals surface area contributed by atoms with Crippen LogP contribution in [0, 0.1) is 0 Å². The van der Waals surface area contributed by atoms with Crippen molar-refractivity contribution in [3.63, 3.8) is 0 Å². The average Bonchev–Trinajstić information content (AvgIpc) is 2.59. The molecule has 0 heterocycles. The predicted molar refractivity (Wildman–Crippen MR) is 55.1 cm³/mol. The summed E-state index contributed by atoms with van der Waals surface area (Å²) >= 11 is 0. The summed E-state index contributed by atoms with van der Waals surface area (Å²) in [5.41, 5.74) is 2.42. The Balaban J connectivity index is 2.51. The highest BCUT2D eigenvalue weighted by molar-refractivity contribution is 6.01. The number of Topliss-reactive ketones (excluding diaryl/α,β-unsaturated/α-hetero) is 1. The van der Waals surface area contributed by atoms with E-state index in [0.717, 1.165) is 11.1 Å². The Morgan fingerprint density at radius 3 is 2.80 bits per heavy atom. The fourth-order valence-electron chi connectivity index (χ4n) is 2.06. The van der Waals surface area contributed by atoms with Crippen molar-refractivity contribution in [2.45, 2.75) is 25.7 Å². The fraction of sp³-hybridized carbons (Fsp3) is 0.333. The van der Waals surface area contributed by atoms with Gasteiger partial charge in [0.2, 0.25) is 0 Å². The van der Waals surface area contributed by atoms with Gasteiger partial charge in [0.25, 0.3) is 0 Å². The Kier molecular flexibility index (Phi) is 2.31. The monoisotopic (exact) mass is 204 g/mol. The number of carboxylic acid groups (broad SMARTS) is 1. The highest BCUT2D eigenvalue weighted by Crippen LogP contribution is 2.29. The first-order valence-electron chi connectivity index (χ1n) is 4.99. The lowest BCUT2D eigenvalue weighted by Crippen LogP contribution is -2.10. The van der Waals surface area contributed by atoms with Gasteiger partial charge in [-0.1, -0.05) is 18.2 Å². The lowest BCUT2D eigenvalue weighted by molar-refractivity contribution is -0.138. The van der Waals surface area contributed by atoms with Crippen molar-refractivity contribution in [1.82, 2.24) is 0 Å². The Morgan fingerprint density at radius 1 is 1.40 bits per heavy atom. The summed E-state index contributed by atoms with van der Waals surface area (Å²) in [5, 5.41) is 8.95. The second-order valence-corrected chi connectivity index (χ2v) is 3.86. The zero-order valence-electron chi connectivity index (χ0n) is 8.49. The third-order valence-corrected chi connectivity index (χ3v) is 2.95. The van der Waals surface area contributed by atoms with Crippen molar-refractivity contribution in [3.8, 4) is 0 Å². The van der Waals surface area contributed by atoms with E-state index in [1.54, 1.807) is 25.1 Å². The summed E-state index contributed by atoms with van der Waals surface area (Å²) in [6, 6.07) is 5.34.